The minimum Gasteiger partial charge on any atom is -0.333 e. The predicted molar refractivity (Wildman–Crippen MR) is 91.6 cm³/mol. The Bertz CT molecular complexity index is 781. The maximum atomic E-state index is 12.9. The number of unbranched alkanes of at least 4 members (excludes halogenated alkanes) is 1. The van der Waals surface area contributed by atoms with E-state index in [1.165, 1.54) is 0 Å². The summed E-state index contributed by atoms with van der Waals surface area (Å²) in [7, 11) is 1.83. The molecule has 0 aliphatic heterocycles. The van der Waals surface area contributed by atoms with E-state index in [4.69, 9.17) is 0 Å². The van der Waals surface area contributed by atoms with E-state index in [9.17, 15) is 4.79 Å². The Morgan fingerprint density at radius 2 is 2.21 bits per heavy atom. The Labute approximate surface area is 141 Å². The van der Waals surface area contributed by atoms with Gasteiger partial charge in [-0.1, -0.05) is 25.8 Å². The van der Waals surface area contributed by atoms with E-state index in [1.807, 2.05) is 25.4 Å². The van der Waals surface area contributed by atoms with Crippen LogP contribution in [0.5, 0.6) is 0 Å². The number of pyridine rings is 1. The van der Waals surface area contributed by atoms with Gasteiger partial charge in [0.2, 0.25) is 0 Å². The van der Waals surface area contributed by atoms with Crippen LogP contribution in [0.3, 0.4) is 0 Å². The topological polar surface area (TPSA) is 63.4 Å². The van der Waals surface area contributed by atoms with Crippen LogP contribution >= 0.6 is 0 Å². The lowest BCUT2D eigenvalue weighted by atomic mass is 10.0. The van der Waals surface area contributed by atoms with Crippen LogP contribution in [-0.4, -0.2) is 37.4 Å². The number of fused-ring (bicyclic) bond motifs is 1. The highest BCUT2D eigenvalue weighted by Gasteiger charge is 2.24. The van der Waals surface area contributed by atoms with Crippen molar-refractivity contribution in [2.24, 2.45) is 0 Å². The average Bonchev–Trinajstić information content (AvgIpc) is 3.06. The van der Waals surface area contributed by atoms with Crippen molar-refractivity contribution in [3.8, 4) is 0 Å². The Hall–Kier alpha value is -2.76. The van der Waals surface area contributed by atoms with Crippen molar-refractivity contribution in [3.05, 3.63) is 60.3 Å². The van der Waals surface area contributed by atoms with Crippen LogP contribution < -0.4 is 0 Å². The standard InChI is InChI=1S/C18H21N5O/c1-3-4-8-16(14-7-5-9-19-13-14)22(2)18(24)15-12-17-20-10-6-11-23(17)21-15/h5-7,9-13,16H,3-4,8H2,1-2H3/t16-/m1/s1. The van der Waals surface area contributed by atoms with Crippen molar-refractivity contribution < 1.29 is 4.79 Å². The molecule has 3 heterocycles. The van der Waals surface area contributed by atoms with Gasteiger partial charge in [-0.3, -0.25) is 9.78 Å². The van der Waals surface area contributed by atoms with Crippen molar-refractivity contribution in [2.75, 3.05) is 7.05 Å². The van der Waals surface area contributed by atoms with E-state index < -0.39 is 0 Å². The number of carbonyl (C=O) groups is 1. The Morgan fingerprint density at radius 1 is 1.33 bits per heavy atom. The van der Waals surface area contributed by atoms with Gasteiger partial charge in [0.25, 0.3) is 5.91 Å². The molecule has 24 heavy (non-hydrogen) atoms. The second-order valence-corrected chi connectivity index (χ2v) is 5.81. The number of hydrogen-bond donors (Lipinski definition) is 0. The molecule has 0 radical (unpaired) electrons. The van der Waals surface area contributed by atoms with E-state index in [0.717, 1.165) is 24.8 Å². The average molecular weight is 323 g/mol. The van der Waals surface area contributed by atoms with Gasteiger partial charge in [-0.2, -0.15) is 5.10 Å². The normalized spacial score (nSPS) is 12.2. The molecule has 0 unspecified atom stereocenters. The van der Waals surface area contributed by atoms with Crippen molar-refractivity contribution in [1.82, 2.24) is 24.5 Å². The van der Waals surface area contributed by atoms with Gasteiger partial charge in [-0.05, 0) is 24.1 Å². The Kier molecular flexibility index (Phi) is 4.84. The van der Waals surface area contributed by atoms with Gasteiger partial charge in [0, 0.05) is 37.9 Å². The van der Waals surface area contributed by atoms with Gasteiger partial charge in [0.05, 0.1) is 6.04 Å². The first-order chi connectivity index (χ1) is 11.7. The quantitative estimate of drug-likeness (QED) is 0.699. The minimum absolute atomic E-state index is 0.0103. The van der Waals surface area contributed by atoms with Crippen LogP contribution in [0.15, 0.2) is 49.1 Å². The van der Waals surface area contributed by atoms with E-state index in [-0.39, 0.29) is 11.9 Å². The van der Waals surface area contributed by atoms with Gasteiger partial charge >= 0.3 is 0 Å². The zero-order chi connectivity index (χ0) is 16.9. The third-order valence-electron chi connectivity index (χ3n) is 4.14. The summed E-state index contributed by atoms with van der Waals surface area (Å²) in [6.45, 7) is 2.15. The van der Waals surface area contributed by atoms with Gasteiger partial charge in [0.1, 0.15) is 0 Å². The molecule has 0 aliphatic carbocycles. The smallest absolute Gasteiger partial charge is 0.274 e. The molecule has 0 aliphatic rings. The van der Waals surface area contributed by atoms with Crippen LogP contribution in [0, 0.1) is 0 Å². The maximum Gasteiger partial charge on any atom is 0.274 e. The van der Waals surface area contributed by atoms with Crippen LogP contribution in [0.25, 0.3) is 5.65 Å². The lowest BCUT2D eigenvalue weighted by Gasteiger charge is -2.28. The van der Waals surface area contributed by atoms with Crippen LogP contribution in [0.2, 0.25) is 0 Å². The molecule has 0 saturated carbocycles. The van der Waals surface area contributed by atoms with Gasteiger partial charge in [-0.25, -0.2) is 9.50 Å². The highest BCUT2D eigenvalue weighted by molar-refractivity contribution is 5.93. The van der Waals surface area contributed by atoms with Crippen molar-refractivity contribution in [3.63, 3.8) is 0 Å². The predicted octanol–water partition coefficient (Wildman–Crippen LogP) is 3.13. The Balaban J connectivity index is 1.88. The molecule has 0 N–H and O–H groups in total. The second-order valence-electron chi connectivity index (χ2n) is 5.81. The summed E-state index contributed by atoms with van der Waals surface area (Å²) < 4.78 is 1.62. The van der Waals surface area contributed by atoms with Crippen molar-refractivity contribution >= 4 is 11.6 Å². The van der Waals surface area contributed by atoms with Crippen LogP contribution in [-0.2, 0) is 0 Å². The highest BCUT2D eigenvalue weighted by atomic mass is 16.2. The summed E-state index contributed by atoms with van der Waals surface area (Å²) in [4.78, 5) is 23.1. The lowest BCUT2D eigenvalue weighted by Crippen LogP contribution is -2.31. The molecule has 6 nitrogen and oxygen atoms in total. The fourth-order valence-corrected chi connectivity index (χ4v) is 2.81. The number of carbonyl (C=O) groups excluding carboxylic acids is 1. The lowest BCUT2D eigenvalue weighted by molar-refractivity contribution is 0.0714. The fourth-order valence-electron chi connectivity index (χ4n) is 2.81. The molecule has 6 heteroatoms. The molecule has 3 aromatic rings. The zero-order valence-electron chi connectivity index (χ0n) is 14.0. The van der Waals surface area contributed by atoms with E-state index >= 15 is 0 Å². The molecule has 0 saturated heterocycles. The zero-order valence-corrected chi connectivity index (χ0v) is 14.0. The number of amides is 1. The van der Waals surface area contributed by atoms with E-state index in [0.29, 0.717) is 11.3 Å². The van der Waals surface area contributed by atoms with E-state index in [1.54, 1.807) is 40.1 Å². The first-order valence-electron chi connectivity index (χ1n) is 8.18. The molecule has 0 fully saturated rings. The third kappa shape index (κ3) is 3.27. The van der Waals surface area contributed by atoms with Gasteiger partial charge in [0.15, 0.2) is 11.3 Å². The third-order valence-corrected chi connectivity index (χ3v) is 4.14. The molecule has 0 aromatic carbocycles. The van der Waals surface area contributed by atoms with Crippen molar-refractivity contribution in [2.45, 2.75) is 32.2 Å². The molecular formula is C18H21N5O. The summed E-state index contributed by atoms with van der Waals surface area (Å²) in [5, 5.41) is 4.34. The number of nitrogens with zero attached hydrogens (tertiary/aromatic N) is 5. The molecule has 3 aromatic heterocycles. The molecule has 3 rings (SSSR count). The SMILES string of the molecule is CCCC[C@H](c1cccnc1)N(C)C(=O)c1cc2ncccn2n1. The highest BCUT2D eigenvalue weighted by Crippen LogP contribution is 2.26. The number of hydrogen-bond acceptors (Lipinski definition) is 4. The summed E-state index contributed by atoms with van der Waals surface area (Å²) in [6.07, 6.45) is 10.1. The van der Waals surface area contributed by atoms with Crippen LogP contribution in [0.1, 0.15) is 48.3 Å². The Morgan fingerprint density at radius 3 is 2.92 bits per heavy atom. The molecule has 1 amide bonds. The van der Waals surface area contributed by atoms with Gasteiger partial charge in [-0.15, -0.1) is 0 Å². The van der Waals surface area contributed by atoms with Crippen molar-refractivity contribution in [1.29, 1.82) is 0 Å². The fraction of sp³-hybridized carbons (Fsp3) is 0.333. The molecule has 124 valence electrons. The summed E-state index contributed by atoms with van der Waals surface area (Å²) in [5.74, 6) is -0.106. The first kappa shape index (κ1) is 16.1. The molecule has 0 bridgehead atoms. The second kappa shape index (κ2) is 7.21. The molecular weight excluding hydrogens is 302 g/mol. The minimum atomic E-state index is -0.106. The largest absolute Gasteiger partial charge is 0.333 e. The first-order valence-corrected chi connectivity index (χ1v) is 8.18. The number of rotatable bonds is 6. The van der Waals surface area contributed by atoms with Crippen LogP contribution in [0.4, 0.5) is 0 Å². The van der Waals surface area contributed by atoms with Gasteiger partial charge < -0.3 is 4.90 Å². The summed E-state index contributed by atoms with van der Waals surface area (Å²) in [6, 6.07) is 7.42. The number of aromatic nitrogens is 4. The summed E-state index contributed by atoms with van der Waals surface area (Å²) >= 11 is 0. The molecule has 1 atom stereocenters. The monoisotopic (exact) mass is 323 g/mol. The summed E-state index contributed by atoms with van der Waals surface area (Å²) in [5.41, 5.74) is 2.12. The van der Waals surface area contributed by atoms with E-state index in [2.05, 4.69) is 22.0 Å². The maximum absolute atomic E-state index is 12.9. The molecule has 0 spiro atoms.